The smallest absolute Gasteiger partial charge is 0.241 e. The number of carbonyl (C=O) groups is 1. The van der Waals surface area contributed by atoms with Gasteiger partial charge < -0.3 is 16.4 Å². The lowest BCUT2D eigenvalue weighted by Gasteiger charge is -2.31. The maximum Gasteiger partial charge on any atom is 0.241 e. The first kappa shape index (κ1) is 14.4. The largest absolute Gasteiger partial charge is 0.379 e. The van der Waals surface area contributed by atoms with Crippen molar-refractivity contribution in [3.63, 3.8) is 0 Å². The molecule has 2 aliphatic rings. The first-order chi connectivity index (χ1) is 10.2. The first-order valence-corrected chi connectivity index (χ1v) is 8.03. The molecule has 0 aromatic carbocycles. The number of aromatic nitrogens is 2. The van der Waals surface area contributed by atoms with Gasteiger partial charge in [0.05, 0.1) is 11.9 Å². The number of amides is 1. The molecule has 3 rings (SSSR count). The Labute approximate surface area is 125 Å². The maximum absolute atomic E-state index is 11.8. The molecule has 0 aliphatic heterocycles. The maximum atomic E-state index is 11.8. The van der Waals surface area contributed by atoms with Gasteiger partial charge in [-0.1, -0.05) is 12.8 Å². The molecule has 1 aromatic heterocycles. The van der Waals surface area contributed by atoms with E-state index >= 15 is 0 Å². The highest BCUT2D eigenvalue weighted by molar-refractivity contribution is 5.76. The lowest BCUT2D eigenvalue weighted by Crippen LogP contribution is -2.36. The molecule has 2 atom stereocenters. The predicted molar refractivity (Wildman–Crippen MR) is 81.8 cm³/mol. The Morgan fingerprint density at radius 1 is 1.33 bits per heavy atom. The lowest BCUT2D eigenvalue weighted by molar-refractivity contribution is -0.122. The van der Waals surface area contributed by atoms with E-state index in [9.17, 15) is 4.79 Å². The van der Waals surface area contributed by atoms with E-state index in [1.807, 2.05) is 6.20 Å². The van der Waals surface area contributed by atoms with Gasteiger partial charge in [0.25, 0.3) is 0 Å². The minimum absolute atomic E-state index is 0.0460. The standard InChI is InChI=1S/C15H25N5O/c16-7-11-3-1-2-4-14(11)18-13-8-17-20(9-13)10-15(21)19-12-5-6-12/h8-9,11-12,14,18H,1-7,10,16H2,(H,19,21). The number of hydrogen-bond donors (Lipinski definition) is 3. The summed E-state index contributed by atoms with van der Waals surface area (Å²) in [7, 11) is 0. The highest BCUT2D eigenvalue weighted by Gasteiger charge is 2.25. The summed E-state index contributed by atoms with van der Waals surface area (Å²) in [5, 5.41) is 10.8. The Morgan fingerprint density at radius 3 is 2.90 bits per heavy atom. The summed E-state index contributed by atoms with van der Waals surface area (Å²) < 4.78 is 1.69. The molecule has 2 aliphatic carbocycles. The van der Waals surface area contributed by atoms with Crippen LogP contribution in [0, 0.1) is 5.92 Å². The Kier molecular flexibility index (Phi) is 4.43. The molecule has 6 heteroatoms. The quantitative estimate of drug-likeness (QED) is 0.732. The average Bonchev–Trinajstić information content (AvgIpc) is 3.18. The van der Waals surface area contributed by atoms with Crippen molar-refractivity contribution < 1.29 is 4.79 Å². The number of hydrogen-bond acceptors (Lipinski definition) is 4. The van der Waals surface area contributed by atoms with Gasteiger partial charge in [-0.3, -0.25) is 9.48 Å². The van der Waals surface area contributed by atoms with Gasteiger partial charge in [0.1, 0.15) is 6.54 Å². The summed E-state index contributed by atoms with van der Waals surface area (Å²) in [6.45, 7) is 1.03. The second-order valence-electron chi connectivity index (χ2n) is 6.30. The van der Waals surface area contributed by atoms with Crippen LogP contribution < -0.4 is 16.4 Å². The molecular weight excluding hydrogens is 266 g/mol. The molecule has 6 nitrogen and oxygen atoms in total. The minimum atomic E-state index is 0.0460. The highest BCUT2D eigenvalue weighted by Crippen LogP contribution is 2.26. The molecule has 21 heavy (non-hydrogen) atoms. The number of anilines is 1. The Balaban J connectivity index is 1.52. The summed E-state index contributed by atoms with van der Waals surface area (Å²) in [5.74, 6) is 0.588. The second-order valence-corrected chi connectivity index (χ2v) is 6.30. The van der Waals surface area contributed by atoms with Crippen molar-refractivity contribution in [3.05, 3.63) is 12.4 Å². The molecule has 4 N–H and O–H groups in total. The van der Waals surface area contributed by atoms with Crippen molar-refractivity contribution in [1.82, 2.24) is 15.1 Å². The van der Waals surface area contributed by atoms with Crippen molar-refractivity contribution in [2.75, 3.05) is 11.9 Å². The van der Waals surface area contributed by atoms with Gasteiger partial charge in [-0.25, -0.2) is 0 Å². The Bertz CT molecular complexity index is 482. The van der Waals surface area contributed by atoms with E-state index in [1.165, 1.54) is 19.3 Å². The van der Waals surface area contributed by atoms with Crippen LogP contribution in [0.5, 0.6) is 0 Å². The number of nitrogens with one attached hydrogen (secondary N) is 2. The van der Waals surface area contributed by atoms with Crippen molar-refractivity contribution in [1.29, 1.82) is 0 Å². The molecule has 0 spiro atoms. The molecule has 1 amide bonds. The second kappa shape index (κ2) is 6.47. The van der Waals surface area contributed by atoms with Crippen LogP contribution in [-0.2, 0) is 11.3 Å². The van der Waals surface area contributed by atoms with Crippen molar-refractivity contribution in [2.24, 2.45) is 11.7 Å². The van der Waals surface area contributed by atoms with Crippen LogP contribution in [0.25, 0.3) is 0 Å². The van der Waals surface area contributed by atoms with E-state index in [2.05, 4.69) is 15.7 Å². The van der Waals surface area contributed by atoms with Gasteiger partial charge in [0.15, 0.2) is 0 Å². The zero-order valence-corrected chi connectivity index (χ0v) is 12.4. The Hall–Kier alpha value is -1.56. The van der Waals surface area contributed by atoms with Gasteiger partial charge in [-0.2, -0.15) is 5.10 Å². The first-order valence-electron chi connectivity index (χ1n) is 8.03. The zero-order chi connectivity index (χ0) is 14.7. The van der Waals surface area contributed by atoms with E-state index in [0.29, 0.717) is 24.5 Å². The predicted octanol–water partition coefficient (Wildman–Crippen LogP) is 1.09. The van der Waals surface area contributed by atoms with Crippen LogP contribution in [0.2, 0.25) is 0 Å². The van der Waals surface area contributed by atoms with Crippen LogP contribution in [-0.4, -0.2) is 34.3 Å². The van der Waals surface area contributed by atoms with Gasteiger partial charge in [0.2, 0.25) is 5.91 Å². The fourth-order valence-corrected chi connectivity index (χ4v) is 3.07. The van der Waals surface area contributed by atoms with Crippen LogP contribution >= 0.6 is 0 Å². The third-order valence-electron chi connectivity index (χ3n) is 4.45. The van der Waals surface area contributed by atoms with E-state index < -0.39 is 0 Å². The van der Waals surface area contributed by atoms with Crippen LogP contribution in [0.1, 0.15) is 38.5 Å². The zero-order valence-electron chi connectivity index (χ0n) is 12.4. The molecule has 0 saturated heterocycles. The molecule has 2 fully saturated rings. The van der Waals surface area contributed by atoms with E-state index in [0.717, 1.165) is 31.5 Å². The molecule has 0 bridgehead atoms. The van der Waals surface area contributed by atoms with E-state index in [1.54, 1.807) is 10.9 Å². The van der Waals surface area contributed by atoms with Crippen molar-refractivity contribution in [3.8, 4) is 0 Å². The van der Waals surface area contributed by atoms with Crippen molar-refractivity contribution in [2.45, 2.75) is 57.2 Å². The molecule has 2 unspecified atom stereocenters. The SMILES string of the molecule is NCC1CCCCC1Nc1cnn(CC(=O)NC2CC2)c1. The summed E-state index contributed by atoms with van der Waals surface area (Å²) in [6, 6.07) is 0.833. The lowest BCUT2D eigenvalue weighted by atomic mass is 9.84. The summed E-state index contributed by atoms with van der Waals surface area (Å²) in [5.41, 5.74) is 6.84. The molecule has 116 valence electrons. The Morgan fingerprint density at radius 2 is 2.14 bits per heavy atom. The highest BCUT2D eigenvalue weighted by atomic mass is 16.2. The summed E-state index contributed by atoms with van der Waals surface area (Å²) >= 11 is 0. The number of nitrogens with zero attached hydrogens (tertiary/aromatic N) is 2. The van der Waals surface area contributed by atoms with Gasteiger partial charge in [0, 0.05) is 18.3 Å². The van der Waals surface area contributed by atoms with Crippen LogP contribution in [0.15, 0.2) is 12.4 Å². The van der Waals surface area contributed by atoms with Gasteiger partial charge >= 0.3 is 0 Å². The third-order valence-corrected chi connectivity index (χ3v) is 4.45. The van der Waals surface area contributed by atoms with Gasteiger partial charge in [-0.15, -0.1) is 0 Å². The number of carbonyl (C=O) groups excluding carboxylic acids is 1. The molecule has 0 radical (unpaired) electrons. The topological polar surface area (TPSA) is 85.0 Å². The monoisotopic (exact) mass is 291 g/mol. The normalized spacial score (nSPS) is 25.6. The fraction of sp³-hybridized carbons (Fsp3) is 0.733. The van der Waals surface area contributed by atoms with Gasteiger partial charge in [-0.05, 0) is 38.1 Å². The minimum Gasteiger partial charge on any atom is -0.379 e. The third kappa shape index (κ3) is 3.97. The van der Waals surface area contributed by atoms with E-state index in [4.69, 9.17) is 5.73 Å². The van der Waals surface area contributed by atoms with E-state index in [-0.39, 0.29) is 5.91 Å². The number of rotatable bonds is 6. The summed E-state index contributed by atoms with van der Waals surface area (Å²) in [6.07, 6.45) is 10.8. The molecule has 2 saturated carbocycles. The molecular formula is C15H25N5O. The fourth-order valence-electron chi connectivity index (χ4n) is 3.07. The van der Waals surface area contributed by atoms with Crippen LogP contribution in [0.3, 0.4) is 0 Å². The molecule has 1 heterocycles. The summed E-state index contributed by atoms with van der Waals surface area (Å²) in [4.78, 5) is 11.8. The average molecular weight is 291 g/mol. The van der Waals surface area contributed by atoms with Crippen LogP contribution in [0.4, 0.5) is 5.69 Å². The van der Waals surface area contributed by atoms with Crippen molar-refractivity contribution >= 4 is 11.6 Å². The number of nitrogens with two attached hydrogens (primary N) is 1. The molecule has 1 aromatic rings.